The summed E-state index contributed by atoms with van der Waals surface area (Å²) in [6.07, 6.45) is -5.46. The van der Waals surface area contributed by atoms with E-state index in [0.29, 0.717) is 36.5 Å². The van der Waals surface area contributed by atoms with Gasteiger partial charge in [0.25, 0.3) is 11.9 Å². The molecule has 240 valence electrons. The minimum Gasteiger partial charge on any atom is -0.335 e. The molecule has 0 atom stereocenters. The molecule has 4 rings (SSSR count). The molecule has 0 radical (unpaired) electrons. The van der Waals surface area contributed by atoms with Crippen LogP contribution in [0.4, 0.5) is 38.0 Å². The van der Waals surface area contributed by atoms with Gasteiger partial charge in [-0.3, -0.25) is 15.4 Å². The molecule has 1 saturated carbocycles. The van der Waals surface area contributed by atoms with Crippen molar-refractivity contribution in [2.24, 2.45) is 16.3 Å². The number of anilines is 1. The molecule has 1 aliphatic rings. The summed E-state index contributed by atoms with van der Waals surface area (Å²) in [5.41, 5.74) is -2.68. The van der Waals surface area contributed by atoms with Crippen LogP contribution in [-0.4, -0.2) is 43.4 Å². The summed E-state index contributed by atoms with van der Waals surface area (Å²) in [6, 6.07) is 7.19. The smallest absolute Gasteiger partial charge is 0.335 e. The number of aromatic amines is 1. The number of rotatable bonds is 6. The average Bonchev–Trinajstić information content (AvgIpc) is 3.48. The van der Waals surface area contributed by atoms with Gasteiger partial charge < -0.3 is 4.90 Å². The maximum Gasteiger partial charge on any atom is 0.416 e. The second kappa shape index (κ2) is 13.1. The van der Waals surface area contributed by atoms with E-state index < -0.39 is 35.1 Å². The zero-order valence-corrected chi connectivity index (χ0v) is 24.6. The third kappa shape index (κ3) is 8.70. The minimum atomic E-state index is -5.06. The van der Waals surface area contributed by atoms with E-state index in [0.717, 1.165) is 12.8 Å². The fraction of sp³-hybridized carbons (Fsp3) is 0.448. The van der Waals surface area contributed by atoms with Crippen molar-refractivity contribution in [2.75, 3.05) is 5.32 Å². The van der Waals surface area contributed by atoms with Gasteiger partial charge in [-0.2, -0.15) is 36.8 Å². The number of H-pyrrole nitrogens is 1. The number of alkyl halides is 6. The van der Waals surface area contributed by atoms with E-state index in [1.165, 1.54) is 12.1 Å². The maximum atomic E-state index is 13.6. The second-order valence-electron chi connectivity index (χ2n) is 11.8. The van der Waals surface area contributed by atoms with Gasteiger partial charge in [-0.15, -0.1) is 5.10 Å². The van der Waals surface area contributed by atoms with Crippen molar-refractivity contribution in [1.29, 1.82) is 5.26 Å². The zero-order valence-electron chi connectivity index (χ0n) is 24.6. The number of benzene rings is 2. The summed E-state index contributed by atoms with van der Waals surface area (Å²) in [4.78, 5) is 18.4. The van der Waals surface area contributed by atoms with Crippen molar-refractivity contribution in [2.45, 2.75) is 71.4 Å². The maximum absolute atomic E-state index is 13.6. The van der Waals surface area contributed by atoms with Crippen LogP contribution < -0.4 is 10.6 Å². The van der Waals surface area contributed by atoms with E-state index in [4.69, 9.17) is 0 Å². The van der Waals surface area contributed by atoms with Crippen molar-refractivity contribution < 1.29 is 31.1 Å². The Kier molecular flexibility index (Phi) is 9.69. The number of guanidine groups is 1. The standard InChI is InChI=1S/C29H31F6N9O/c1-27(2,3)19-8-10-23(11-9-19)44(15-17-4-6-18(7-5-17)24(45)39-25-40-42-43-41-25)26(37-16-36)38-22-13-20(28(30,31)32)12-21(14-22)29(33,34)35/h4-7,12-14,19,23H,8-11,15H2,1-3H3,(H,37,38)(H2,39,40,41,42,43,45). The summed E-state index contributed by atoms with van der Waals surface area (Å²) < 4.78 is 81.3. The van der Waals surface area contributed by atoms with Gasteiger partial charge in [-0.1, -0.05) is 38.0 Å². The van der Waals surface area contributed by atoms with Gasteiger partial charge in [-0.25, -0.2) is 4.99 Å². The van der Waals surface area contributed by atoms with Gasteiger partial charge in [0.2, 0.25) is 5.96 Å². The number of tetrazole rings is 1. The summed E-state index contributed by atoms with van der Waals surface area (Å²) in [5.74, 6) is -0.315. The lowest BCUT2D eigenvalue weighted by Crippen LogP contribution is -2.47. The number of hydrogen-bond donors (Lipinski definition) is 3. The molecular weight excluding hydrogens is 604 g/mol. The third-order valence-electron chi connectivity index (χ3n) is 7.75. The number of hydrogen-bond acceptors (Lipinski definition) is 6. The Bertz CT molecular complexity index is 1500. The highest BCUT2D eigenvalue weighted by molar-refractivity contribution is 6.03. The molecule has 1 fully saturated rings. The van der Waals surface area contributed by atoms with Crippen LogP contribution >= 0.6 is 0 Å². The molecule has 0 unspecified atom stereocenters. The number of carbonyl (C=O) groups is 1. The molecule has 1 aliphatic carbocycles. The van der Waals surface area contributed by atoms with E-state index in [2.05, 4.69) is 57.0 Å². The van der Waals surface area contributed by atoms with Crippen molar-refractivity contribution >= 4 is 23.5 Å². The molecule has 2 aromatic carbocycles. The number of amides is 1. The number of aromatic nitrogens is 4. The van der Waals surface area contributed by atoms with E-state index >= 15 is 0 Å². The lowest BCUT2D eigenvalue weighted by atomic mass is 9.71. The van der Waals surface area contributed by atoms with Crippen LogP contribution in [-0.2, 0) is 18.9 Å². The monoisotopic (exact) mass is 635 g/mol. The van der Waals surface area contributed by atoms with Gasteiger partial charge in [-0.05, 0) is 78.1 Å². The van der Waals surface area contributed by atoms with Crippen molar-refractivity contribution in [1.82, 2.24) is 30.8 Å². The number of nitrogens with one attached hydrogen (secondary N) is 3. The lowest BCUT2D eigenvalue weighted by molar-refractivity contribution is -0.143. The van der Waals surface area contributed by atoms with Crippen LogP contribution in [0.1, 0.15) is 73.5 Å². The molecule has 0 spiro atoms. The molecule has 1 aromatic heterocycles. The predicted molar refractivity (Wildman–Crippen MR) is 152 cm³/mol. The number of nitrogens with zero attached hydrogens (tertiary/aromatic N) is 6. The van der Waals surface area contributed by atoms with Crippen molar-refractivity contribution in [3.8, 4) is 6.19 Å². The molecule has 1 heterocycles. The quantitative estimate of drug-likeness (QED) is 0.0907. The van der Waals surface area contributed by atoms with Crippen LogP contribution in [0.5, 0.6) is 0 Å². The summed E-state index contributed by atoms with van der Waals surface area (Å²) in [6.45, 7) is 6.52. The van der Waals surface area contributed by atoms with E-state index in [9.17, 15) is 36.4 Å². The Hall–Kier alpha value is -4.68. The van der Waals surface area contributed by atoms with Crippen LogP contribution in [0.3, 0.4) is 0 Å². The average molecular weight is 636 g/mol. The zero-order chi connectivity index (χ0) is 33.0. The number of halogens is 6. The molecule has 1 amide bonds. The Morgan fingerprint density at radius 2 is 1.60 bits per heavy atom. The first kappa shape index (κ1) is 33.2. The normalized spacial score (nSPS) is 17.8. The highest BCUT2D eigenvalue weighted by Crippen LogP contribution is 2.41. The molecule has 3 aromatic rings. The van der Waals surface area contributed by atoms with Gasteiger partial charge >= 0.3 is 12.4 Å². The highest BCUT2D eigenvalue weighted by Gasteiger charge is 2.38. The predicted octanol–water partition coefficient (Wildman–Crippen LogP) is 6.65. The molecule has 16 heteroatoms. The van der Waals surface area contributed by atoms with E-state index in [1.807, 2.05) is 0 Å². The van der Waals surface area contributed by atoms with Gasteiger partial charge in [0.15, 0.2) is 6.19 Å². The van der Waals surface area contributed by atoms with Gasteiger partial charge in [0.1, 0.15) is 0 Å². The van der Waals surface area contributed by atoms with Crippen molar-refractivity contribution in [3.05, 3.63) is 64.7 Å². The largest absolute Gasteiger partial charge is 0.416 e. The first-order valence-corrected chi connectivity index (χ1v) is 14.0. The number of nitriles is 1. The van der Waals surface area contributed by atoms with Gasteiger partial charge in [0.05, 0.1) is 16.8 Å². The van der Waals surface area contributed by atoms with Crippen LogP contribution in [0.15, 0.2) is 47.5 Å². The third-order valence-corrected chi connectivity index (χ3v) is 7.75. The molecule has 0 aliphatic heterocycles. The summed E-state index contributed by atoms with van der Waals surface area (Å²) in [5, 5.41) is 27.3. The Labute approximate surface area is 254 Å². The Morgan fingerprint density at radius 1 is 1.00 bits per heavy atom. The molecule has 45 heavy (non-hydrogen) atoms. The Morgan fingerprint density at radius 3 is 2.09 bits per heavy atom. The summed E-state index contributed by atoms with van der Waals surface area (Å²) in [7, 11) is 0. The molecule has 3 N–H and O–H groups in total. The van der Waals surface area contributed by atoms with Crippen LogP contribution in [0.2, 0.25) is 0 Å². The molecular formula is C29H31F6N9O. The molecule has 0 saturated heterocycles. The minimum absolute atomic E-state index is 0.0205. The van der Waals surface area contributed by atoms with Crippen LogP contribution in [0.25, 0.3) is 0 Å². The fourth-order valence-electron chi connectivity index (χ4n) is 5.32. The molecule has 0 bridgehead atoms. The lowest BCUT2D eigenvalue weighted by Gasteiger charge is -2.42. The fourth-order valence-corrected chi connectivity index (χ4v) is 5.32. The summed E-state index contributed by atoms with van der Waals surface area (Å²) >= 11 is 0. The number of aliphatic imine (C=N–C) groups is 1. The first-order chi connectivity index (χ1) is 21.0. The number of carbonyl (C=O) groups excluding carboxylic acids is 1. The second-order valence-corrected chi connectivity index (χ2v) is 11.8. The highest BCUT2D eigenvalue weighted by atomic mass is 19.4. The van der Waals surface area contributed by atoms with E-state index in [1.54, 1.807) is 23.2 Å². The Balaban J connectivity index is 1.70. The molecule has 10 nitrogen and oxygen atoms in total. The van der Waals surface area contributed by atoms with Crippen molar-refractivity contribution in [3.63, 3.8) is 0 Å². The first-order valence-electron chi connectivity index (χ1n) is 14.0. The topological polar surface area (TPSA) is 135 Å². The SMILES string of the molecule is CC(C)(C)C1CCC(N(Cc2ccc(C(=O)Nc3nn[nH]n3)cc2)C(=Nc2cc(C(F)(F)F)cc(C(F)(F)F)c2)NC#N)CC1. The van der Waals surface area contributed by atoms with Gasteiger partial charge in [0, 0.05) is 18.2 Å². The van der Waals surface area contributed by atoms with Crippen LogP contribution in [0, 0.1) is 22.8 Å². The van der Waals surface area contributed by atoms with E-state index in [-0.39, 0.29) is 41.5 Å².